The van der Waals surface area contributed by atoms with E-state index in [0.717, 1.165) is 43.9 Å². The monoisotopic (exact) mass is 293 g/mol. The molecule has 0 aliphatic heterocycles. The van der Waals surface area contributed by atoms with Gasteiger partial charge in [0.25, 0.3) is 0 Å². The molecule has 20 heavy (non-hydrogen) atoms. The smallest absolute Gasteiger partial charge is 0.0560 e. The van der Waals surface area contributed by atoms with Gasteiger partial charge in [-0.1, -0.05) is 26.0 Å². The third kappa shape index (κ3) is 6.78. The minimum atomic E-state index is 0.735. The Morgan fingerprint density at radius 3 is 2.90 bits per heavy atom. The second-order valence-corrected chi connectivity index (χ2v) is 7.11. The summed E-state index contributed by atoms with van der Waals surface area (Å²) in [5.74, 6) is 1.77. The van der Waals surface area contributed by atoms with Crippen LogP contribution in [0, 0.1) is 5.92 Å². The number of benzene rings is 1. The summed E-state index contributed by atoms with van der Waals surface area (Å²) in [6, 6.07) is 9.64. The molecule has 1 aromatic carbocycles. The van der Waals surface area contributed by atoms with Crippen molar-refractivity contribution in [2.45, 2.75) is 50.6 Å². The first-order valence-corrected chi connectivity index (χ1v) is 8.75. The van der Waals surface area contributed by atoms with Crippen molar-refractivity contribution in [3.63, 3.8) is 0 Å². The van der Waals surface area contributed by atoms with Gasteiger partial charge in [-0.2, -0.15) is 0 Å². The Labute approximate surface area is 127 Å². The molecule has 0 aromatic heterocycles. The van der Waals surface area contributed by atoms with Gasteiger partial charge in [0.1, 0.15) is 0 Å². The summed E-state index contributed by atoms with van der Waals surface area (Å²) in [5, 5.41) is 3.56. The Hall–Kier alpha value is -0.510. The molecule has 0 spiro atoms. The minimum Gasteiger partial charge on any atom is -0.381 e. The van der Waals surface area contributed by atoms with E-state index in [0.29, 0.717) is 0 Å². The average Bonchev–Trinajstić information content (AvgIpc) is 3.25. The molecule has 3 heteroatoms. The van der Waals surface area contributed by atoms with Crippen LogP contribution >= 0.6 is 11.8 Å². The van der Waals surface area contributed by atoms with E-state index in [4.69, 9.17) is 4.74 Å². The maximum atomic E-state index is 5.65. The van der Waals surface area contributed by atoms with Crippen LogP contribution < -0.4 is 5.32 Å². The molecule has 1 saturated carbocycles. The van der Waals surface area contributed by atoms with Crippen molar-refractivity contribution in [3.05, 3.63) is 29.8 Å². The molecule has 0 heterocycles. The molecule has 0 atom stereocenters. The zero-order chi connectivity index (χ0) is 14.2. The van der Waals surface area contributed by atoms with Crippen molar-refractivity contribution >= 4 is 11.8 Å². The number of hydrogen-bond donors (Lipinski definition) is 1. The van der Waals surface area contributed by atoms with Crippen LogP contribution in [0.5, 0.6) is 0 Å². The third-order valence-electron chi connectivity index (χ3n) is 3.41. The lowest BCUT2D eigenvalue weighted by molar-refractivity contribution is 0.138. The van der Waals surface area contributed by atoms with Gasteiger partial charge in [0.05, 0.1) is 6.61 Å². The molecule has 1 aliphatic carbocycles. The van der Waals surface area contributed by atoms with E-state index < -0.39 is 0 Å². The highest BCUT2D eigenvalue weighted by Crippen LogP contribution is 2.21. The Balaban J connectivity index is 1.60. The van der Waals surface area contributed by atoms with Crippen molar-refractivity contribution in [2.75, 3.05) is 19.0 Å². The molecule has 1 aromatic rings. The fraction of sp³-hybridized carbons (Fsp3) is 0.647. The van der Waals surface area contributed by atoms with Crippen molar-refractivity contribution < 1.29 is 4.74 Å². The molecule has 2 rings (SSSR count). The summed E-state index contributed by atoms with van der Waals surface area (Å²) in [6.07, 6.45) is 3.86. The SMILES string of the molecule is CC(C)CCOCCSc1cccc(CNC2CC2)c1. The van der Waals surface area contributed by atoms with E-state index in [-0.39, 0.29) is 0 Å². The Bertz CT molecular complexity index is 390. The molecular weight excluding hydrogens is 266 g/mol. The highest BCUT2D eigenvalue weighted by molar-refractivity contribution is 7.99. The summed E-state index contributed by atoms with van der Waals surface area (Å²) >= 11 is 1.89. The topological polar surface area (TPSA) is 21.3 Å². The standard InChI is InChI=1S/C17H27NOS/c1-14(2)8-9-19-10-11-20-17-5-3-4-15(12-17)13-18-16-6-7-16/h3-5,12,14,16,18H,6-11,13H2,1-2H3. The van der Waals surface area contributed by atoms with Gasteiger partial charge >= 0.3 is 0 Å². The predicted octanol–water partition coefficient (Wildman–Crippen LogP) is 4.09. The molecule has 1 aliphatic rings. The van der Waals surface area contributed by atoms with Crippen LogP contribution in [0.1, 0.15) is 38.7 Å². The molecule has 0 amide bonds. The van der Waals surface area contributed by atoms with Gasteiger partial charge in [-0.25, -0.2) is 0 Å². The zero-order valence-electron chi connectivity index (χ0n) is 12.7. The Kier molecular flexibility index (Phi) is 6.91. The molecule has 0 bridgehead atoms. The van der Waals surface area contributed by atoms with Gasteiger partial charge in [-0.15, -0.1) is 11.8 Å². The van der Waals surface area contributed by atoms with E-state index in [1.54, 1.807) is 0 Å². The van der Waals surface area contributed by atoms with Crippen LogP contribution in [0.4, 0.5) is 0 Å². The van der Waals surface area contributed by atoms with E-state index >= 15 is 0 Å². The third-order valence-corrected chi connectivity index (χ3v) is 4.36. The van der Waals surface area contributed by atoms with Crippen LogP contribution in [0.15, 0.2) is 29.2 Å². The zero-order valence-corrected chi connectivity index (χ0v) is 13.5. The average molecular weight is 293 g/mol. The maximum absolute atomic E-state index is 5.65. The first-order chi connectivity index (χ1) is 9.74. The number of thioether (sulfide) groups is 1. The highest BCUT2D eigenvalue weighted by Gasteiger charge is 2.19. The van der Waals surface area contributed by atoms with E-state index in [2.05, 4.69) is 43.4 Å². The Morgan fingerprint density at radius 2 is 2.15 bits per heavy atom. The summed E-state index contributed by atoms with van der Waals surface area (Å²) in [5.41, 5.74) is 1.39. The van der Waals surface area contributed by atoms with Crippen LogP contribution in [0.2, 0.25) is 0 Å². The number of rotatable bonds is 10. The molecule has 1 fully saturated rings. The quantitative estimate of drug-likeness (QED) is 0.518. The van der Waals surface area contributed by atoms with Crippen molar-refractivity contribution in [2.24, 2.45) is 5.92 Å². The second kappa shape index (κ2) is 8.71. The van der Waals surface area contributed by atoms with Crippen LogP contribution in [-0.2, 0) is 11.3 Å². The van der Waals surface area contributed by atoms with Gasteiger partial charge < -0.3 is 10.1 Å². The van der Waals surface area contributed by atoms with Gasteiger partial charge in [0, 0.05) is 29.8 Å². The van der Waals surface area contributed by atoms with Gasteiger partial charge in [0.15, 0.2) is 0 Å². The lowest BCUT2D eigenvalue weighted by Gasteiger charge is -2.08. The number of hydrogen-bond acceptors (Lipinski definition) is 3. The summed E-state index contributed by atoms with van der Waals surface area (Å²) in [7, 11) is 0. The maximum Gasteiger partial charge on any atom is 0.0560 e. The van der Waals surface area contributed by atoms with E-state index in [1.807, 2.05) is 11.8 Å². The molecule has 2 nitrogen and oxygen atoms in total. The number of ether oxygens (including phenoxy) is 1. The predicted molar refractivity (Wildman–Crippen MR) is 87.3 cm³/mol. The normalized spacial score (nSPS) is 14.9. The second-order valence-electron chi connectivity index (χ2n) is 5.95. The van der Waals surface area contributed by atoms with E-state index in [9.17, 15) is 0 Å². The van der Waals surface area contributed by atoms with E-state index in [1.165, 1.54) is 23.3 Å². The summed E-state index contributed by atoms with van der Waals surface area (Å²) in [6.45, 7) is 7.22. The van der Waals surface area contributed by atoms with Crippen molar-refractivity contribution in [3.8, 4) is 0 Å². The molecular formula is C17H27NOS. The number of nitrogens with one attached hydrogen (secondary N) is 1. The van der Waals surface area contributed by atoms with Crippen LogP contribution in [0.3, 0.4) is 0 Å². The molecule has 1 N–H and O–H groups in total. The van der Waals surface area contributed by atoms with Gasteiger partial charge in [0.2, 0.25) is 0 Å². The molecule has 0 unspecified atom stereocenters. The highest BCUT2D eigenvalue weighted by atomic mass is 32.2. The lowest BCUT2D eigenvalue weighted by Crippen LogP contribution is -2.15. The van der Waals surface area contributed by atoms with Crippen molar-refractivity contribution in [1.82, 2.24) is 5.32 Å². The molecule has 0 radical (unpaired) electrons. The fourth-order valence-corrected chi connectivity index (χ4v) is 2.78. The first kappa shape index (κ1) is 15.9. The largest absolute Gasteiger partial charge is 0.381 e. The van der Waals surface area contributed by atoms with Gasteiger partial charge in [-0.05, 0) is 42.9 Å². The summed E-state index contributed by atoms with van der Waals surface area (Å²) in [4.78, 5) is 1.35. The minimum absolute atomic E-state index is 0.735. The molecule has 112 valence electrons. The fourth-order valence-electron chi connectivity index (χ4n) is 1.93. The summed E-state index contributed by atoms with van der Waals surface area (Å²) < 4.78 is 5.65. The first-order valence-electron chi connectivity index (χ1n) is 7.77. The van der Waals surface area contributed by atoms with Crippen LogP contribution in [-0.4, -0.2) is 25.0 Å². The van der Waals surface area contributed by atoms with Gasteiger partial charge in [-0.3, -0.25) is 0 Å². The van der Waals surface area contributed by atoms with Crippen LogP contribution in [0.25, 0.3) is 0 Å². The van der Waals surface area contributed by atoms with Crippen molar-refractivity contribution in [1.29, 1.82) is 0 Å². The lowest BCUT2D eigenvalue weighted by atomic mass is 10.1. The molecule has 0 saturated heterocycles. The Morgan fingerprint density at radius 1 is 1.30 bits per heavy atom.